The van der Waals surface area contributed by atoms with Crippen LogP contribution in [0.4, 0.5) is 0 Å². The molecule has 3 fully saturated rings. The van der Waals surface area contributed by atoms with Gasteiger partial charge < -0.3 is 9.47 Å². The highest BCUT2D eigenvalue weighted by Crippen LogP contribution is 2.57. The maximum absolute atomic E-state index is 13.3. The maximum atomic E-state index is 13.3. The second-order valence-corrected chi connectivity index (χ2v) is 9.50. The summed E-state index contributed by atoms with van der Waals surface area (Å²) in [5.41, 5.74) is 0.492. The monoisotopic (exact) mass is 494 g/mol. The number of allylic oxidation sites excluding steroid dienone is 2. The lowest BCUT2D eigenvalue weighted by molar-refractivity contribution is -0.140. The summed E-state index contributed by atoms with van der Waals surface area (Å²) in [7, 11) is 1.26. The average Bonchev–Trinajstić information content (AvgIpc) is 3.31. The molecular weight excluding hydrogens is 468 g/mol. The second kappa shape index (κ2) is 9.00. The Bertz CT molecular complexity index is 1140. The number of nitrogens with zero attached hydrogens (tertiary/aromatic N) is 2. The maximum Gasteiger partial charge on any atom is 0.338 e. The van der Waals surface area contributed by atoms with Gasteiger partial charge in [0, 0.05) is 18.4 Å². The van der Waals surface area contributed by atoms with Crippen LogP contribution in [-0.2, 0) is 28.7 Å². The van der Waals surface area contributed by atoms with Crippen molar-refractivity contribution in [3.05, 3.63) is 47.5 Å². The number of methoxy groups -OCH3 is 1. The van der Waals surface area contributed by atoms with Gasteiger partial charge in [-0.3, -0.25) is 29.0 Å². The fraction of sp³-hybridized carbons (Fsp3) is 0.462. The fourth-order valence-electron chi connectivity index (χ4n) is 6.19. The predicted molar refractivity (Wildman–Crippen MR) is 122 cm³/mol. The zero-order valence-corrected chi connectivity index (χ0v) is 19.9. The molecule has 5 aliphatic rings. The third-order valence-electron chi connectivity index (χ3n) is 7.73. The molecule has 0 N–H and O–H groups in total. The van der Waals surface area contributed by atoms with E-state index < -0.39 is 59.3 Å². The molecule has 10 nitrogen and oxygen atoms in total. The van der Waals surface area contributed by atoms with Gasteiger partial charge in [-0.1, -0.05) is 19.1 Å². The largest absolute Gasteiger partial charge is 0.465 e. The van der Waals surface area contributed by atoms with Crippen LogP contribution in [0, 0.1) is 35.5 Å². The summed E-state index contributed by atoms with van der Waals surface area (Å²) in [6, 6.07) is 5.72. The van der Waals surface area contributed by atoms with E-state index in [9.17, 15) is 28.8 Å². The molecule has 2 bridgehead atoms. The molecule has 2 heterocycles. The SMILES string of the molecule is CCCN1C(=O)C2C3C=CC(C2C1=O)C1C(=O)N(CCOC(=O)c2ccc(C(=O)OC)cc2)C(=O)C31. The van der Waals surface area contributed by atoms with Crippen molar-refractivity contribution in [2.45, 2.75) is 13.3 Å². The van der Waals surface area contributed by atoms with Crippen LogP contribution >= 0.6 is 0 Å². The zero-order valence-electron chi connectivity index (χ0n) is 19.9. The minimum atomic E-state index is -0.686. The van der Waals surface area contributed by atoms with Crippen LogP contribution in [0.25, 0.3) is 0 Å². The quantitative estimate of drug-likeness (QED) is 0.313. The topological polar surface area (TPSA) is 127 Å². The fourth-order valence-corrected chi connectivity index (χ4v) is 6.19. The van der Waals surface area contributed by atoms with Crippen LogP contribution < -0.4 is 0 Å². The molecule has 36 heavy (non-hydrogen) atoms. The summed E-state index contributed by atoms with van der Waals surface area (Å²) in [5.74, 6) is -6.08. The molecule has 0 spiro atoms. The van der Waals surface area contributed by atoms with Gasteiger partial charge in [-0.25, -0.2) is 9.59 Å². The molecule has 0 radical (unpaired) electrons. The Kier molecular flexibility index (Phi) is 5.97. The van der Waals surface area contributed by atoms with Crippen molar-refractivity contribution in [1.29, 1.82) is 0 Å². The smallest absolute Gasteiger partial charge is 0.338 e. The Morgan fingerprint density at radius 1 is 0.722 bits per heavy atom. The van der Waals surface area contributed by atoms with Crippen molar-refractivity contribution in [2.24, 2.45) is 35.5 Å². The summed E-state index contributed by atoms with van der Waals surface area (Å²) in [5, 5.41) is 0. The standard InChI is InChI=1S/C26H26N2O8/c1-3-10-27-21(29)17-15-8-9-16(18(17)22(27)30)20-19(15)23(31)28(24(20)32)11-12-36-26(34)14-6-4-13(5-7-14)25(33)35-2/h4-9,15-20H,3,10-12H2,1-2H3. The minimum Gasteiger partial charge on any atom is -0.465 e. The van der Waals surface area contributed by atoms with Gasteiger partial charge in [-0.15, -0.1) is 0 Å². The van der Waals surface area contributed by atoms with E-state index in [1.54, 1.807) is 0 Å². The third kappa shape index (κ3) is 3.46. The Labute approximate surface area is 207 Å². The van der Waals surface area contributed by atoms with Crippen molar-refractivity contribution >= 4 is 35.6 Å². The first kappa shape index (κ1) is 23.9. The predicted octanol–water partition coefficient (Wildman–Crippen LogP) is 1.06. The molecule has 3 aliphatic carbocycles. The van der Waals surface area contributed by atoms with Crippen molar-refractivity contribution in [3.63, 3.8) is 0 Å². The van der Waals surface area contributed by atoms with Crippen LogP contribution in [0.15, 0.2) is 36.4 Å². The minimum absolute atomic E-state index is 0.116. The lowest BCUT2D eigenvalue weighted by Gasteiger charge is -2.44. The van der Waals surface area contributed by atoms with E-state index in [4.69, 9.17) is 4.74 Å². The number of esters is 2. The molecule has 4 amide bonds. The van der Waals surface area contributed by atoms with Crippen molar-refractivity contribution < 1.29 is 38.2 Å². The summed E-state index contributed by atoms with van der Waals surface area (Å²) in [6.45, 7) is 1.91. The first-order valence-electron chi connectivity index (χ1n) is 12.0. The normalized spacial score (nSPS) is 30.1. The van der Waals surface area contributed by atoms with Gasteiger partial charge in [-0.2, -0.15) is 0 Å². The molecular formula is C26H26N2O8. The van der Waals surface area contributed by atoms with Crippen molar-refractivity contribution in [1.82, 2.24) is 9.80 Å². The Morgan fingerprint density at radius 2 is 1.14 bits per heavy atom. The number of rotatable bonds is 7. The van der Waals surface area contributed by atoms with E-state index in [0.29, 0.717) is 13.0 Å². The summed E-state index contributed by atoms with van der Waals surface area (Å²) < 4.78 is 9.88. The molecule has 2 aliphatic heterocycles. The molecule has 6 rings (SSSR count). The number of hydrogen-bond donors (Lipinski definition) is 0. The number of ether oxygens (including phenoxy) is 2. The van der Waals surface area contributed by atoms with Crippen LogP contribution in [-0.4, -0.2) is 72.2 Å². The first-order chi connectivity index (χ1) is 17.3. The zero-order chi connectivity index (χ0) is 25.7. The lowest BCUT2D eigenvalue weighted by atomic mass is 9.54. The van der Waals surface area contributed by atoms with E-state index in [1.165, 1.54) is 36.3 Å². The van der Waals surface area contributed by atoms with E-state index >= 15 is 0 Å². The molecule has 6 atom stereocenters. The second-order valence-electron chi connectivity index (χ2n) is 9.50. The molecule has 1 aromatic carbocycles. The highest BCUT2D eigenvalue weighted by molar-refractivity contribution is 6.11. The van der Waals surface area contributed by atoms with Crippen molar-refractivity contribution in [3.8, 4) is 0 Å². The number of carbonyl (C=O) groups is 6. The lowest BCUT2D eigenvalue weighted by Crippen LogP contribution is -2.50. The van der Waals surface area contributed by atoms with Gasteiger partial charge in [0.1, 0.15) is 6.61 Å². The molecule has 2 saturated heterocycles. The third-order valence-corrected chi connectivity index (χ3v) is 7.73. The molecule has 10 heteroatoms. The molecule has 1 saturated carbocycles. The van der Waals surface area contributed by atoms with Crippen LogP contribution in [0.3, 0.4) is 0 Å². The number of amides is 4. The highest BCUT2D eigenvalue weighted by Gasteiger charge is 2.68. The number of hydrogen-bond acceptors (Lipinski definition) is 8. The number of likely N-dealkylation sites (tertiary alicyclic amines) is 2. The Morgan fingerprint density at radius 3 is 1.56 bits per heavy atom. The van der Waals surface area contributed by atoms with Crippen LogP contribution in [0.1, 0.15) is 34.1 Å². The number of carbonyl (C=O) groups excluding carboxylic acids is 6. The summed E-state index contributed by atoms with van der Waals surface area (Å²) >= 11 is 0. The van der Waals surface area contributed by atoms with Gasteiger partial charge >= 0.3 is 11.9 Å². The Hall–Kier alpha value is -3.82. The van der Waals surface area contributed by atoms with Gasteiger partial charge in [0.2, 0.25) is 23.6 Å². The van der Waals surface area contributed by atoms with E-state index in [2.05, 4.69) is 4.74 Å². The van der Waals surface area contributed by atoms with Crippen LogP contribution in [0.5, 0.6) is 0 Å². The van der Waals surface area contributed by atoms with Gasteiger partial charge in [0.15, 0.2) is 0 Å². The van der Waals surface area contributed by atoms with Gasteiger partial charge in [0.25, 0.3) is 0 Å². The summed E-state index contributed by atoms with van der Waals surface area (Å²) in [6.07, 6.45) is 4.28. The highest BCUT2D eigenvalue weighted by atomic mass is 16.5. The molecule has 0 aromatic heterocycles. The van der Waals surface area contributed by atoms with Gasteiger partial charge in [-0.05, 0) is 30.7 Å². The number of imide groups is 2. The Balaban J connectivity index is 1.25. The summed E-state index contributed by atoms with van der Waals surface area (Å²) in [4.78, 5) is 78.9. The molecule has 1 aromatic rings. The van der Waals surface area contributed by atoms with Crippen LogP contribution in [0.2, 0.25) is 0 Å². The van der Waals surface area contributed by atoms with E-state index in [1.807, 2.05) is 19.1 Å². The number of benzene rings is 1. The van der Waals surface area contributed by atoms with E-state index in [0.717, 1.165) is 4.90 Å². The molecule has 188 valence electrons. The van der Waals surface area contributed by atoms with Gasteiger partial charge in [0.05, 0.1) is 48.5 Å². The van der Waals surface area contributed by atoms with E-state index in [-0.39, 0.29) is 36.1 Å². The average molecular weight is 495 g/mol. The van der Waals surface area contributed by atoms with Crippen molar-refractivity contribution in [2.75, 3.05) is 26.8 Å². The first-order valence-corrected chi connectivity index (χ1v) is 12.0. The molecule has 6 unspecified atom stereocenters.